The summed E-state index contributed by atoms with van der Waals surface area (Å²) in [7, 11) is 0. The van der Waals surface area contributed by atoms with E-state index in [9.17, 15) is 9.18 Å². The van der Waals surface area contributed by atoms with E-state index in [1.807, 2.05) is 30.7 Å². The fourth-order valence-electron chi connectivity index (χ4n) is 5.79. The number of likely N-dealkylation sites (tertiary alicyclic amines) is 1. The molecule has 0 radical (unpaired) electrons. The van der Waals surface area contributed by atoms with Gasteiger partial charge in [0.15, 0.2) is 0 Å². The molecule has 4 saturated heterocycles. The molecule has 3 atom stereocenters. The van der Waals surface area contributed by atoms with Crippen LogP contribution >= 0.6 is 0 Å². The quantitative estimate of drug-likeness (QED) is 0.819. The van der Waals surface area contributed by atoms with Crippen molar-refractivity contribution < 1.29 is 9.18 Å². The van der Waals surface area contributed by atoms with Crippen molar-refractivity contribution in [3.05, 3.63) is 53.1 Å². The number of carbonyl (C=O) groups is 1. The molecule has 2 bridgehead atoms. The molecule has 0 N–H and O–H groups in total. The average Bonchev–Trinajstić information content (AvgIpc) is 3.31. The van der Waals surface area contributed by atoms with Crippen LogP contribution in [-0.2, 0) is 6.54 Å². The number of hydrogen-bond donors (Lipinski definition) is 0. The van der Waals surface area contributed by atoms with Crippen LogP contribution in [0.1, 0.15) is 47.3 Å². The molecule has 1 aromatic heterocycles. The van der Waals surface area contributed by atoms with Gasteiger partial charge >= 0.3 is 0 Å². The number of benzene rings is 1. The molecule has 28 heavy (non-hydrogen) atoms. The molecule has 6 rings (SSSR count). The van der Waals surface area contributed by atoms with Crippen molar-refractivity contribution in [3.8, 4) is 0 Å². The lowest BCUT2D eigenvalue weighted by atomic mass is 9.75. The van der Waals surface area contributed by atoms with Crippen LogP contribution in [0.5, 0.6) is 0 Å². The summed E-state index contributed by atoms with van der Waals surface area (Å²) in [4.78, 5) is 18.2. The molecule has 5 nitrogen and oxygen atoms in total. The molecule has 5 heterocycles. The van der Waals surface area contributed by atoms with E-state index in [-0.39, 0.29) is 23.7 Å². The van der Waals surface area contributed by atoms with Crippen LogP contribution in [0.25, 0.3) is 0 Å². The molecular formula is C22H27FN4O. The van der Waals surface area contributed by atoms with E-state index in [2.05, 4.69) is 14.9 Å². The second kappa shape index (κ2) is 6.69. The van der Waals surface area contributed by atoms with Crippen LogP contribution < -0.4 is 0 Å². The predicted octanol–water partition coefficient (Wildman–Crippen LogP) is 3.05. The Hall–Kier alpha value is -2.21. The van der Waals surface area contributed by atoms with Gasteiger partial charge in [0.25, 0.3) is 5.91 Å². The van der Waals surface area contributed by atoms with Gasteiger partial charge in [0.2, 0.25) is 0 Å². The number of aromatic nitrogens is 2. The van der Waals surface area contributed by atoms with E-state index >= 15 is 0 Å². The third kappa shape index (κ3) is 2.61. The molecule has 6 heteroatoms. The Morgan fingerprint density at radius 1 is 1.18 bits per heavy atom. The Morgan fingerprint density at radius 3 is 2.54 bits per heavy atom. The van der Waals surface area contributed by atoms with Crippen LogP contribution in [0.2, 0.25) is 0 Å². The summed E-state index contributed by atoms with van der Waals surface area (Å²) in [5.74, 6) is 0.690. The molecule has 2 aromatic rings. The number of carbonyl (C=O) groups excluding carboxylic acids is 1. The van der Waals surface area contributed by atoms with E-state index < -0.39 is 0 Å². The maximum absolute atomic E-state index is 13.6. The number of amides is 1. The van der Waals surface area contributed by atoms with Gasteiger partial charge in [-0.1, -0.05) is 12.1 Å². The molecular weight excluding hydrogens is 355 g/mol. The van der Waals surface area contributed by atoms with Gasteiger partial charge < -0.3 is 4.90 Å². The highest BCUT2D eigenvalue weighted by Crippen LogP contribution is 2.47. The van der Waals surface area contributed by atoms with Gasteiger partial charge in [0.1, 0.15) is 5.82 Å². The third-order valence-electron chi connectivity index (χ3n) is 7.19. The molecule has 0 aliphatic carbocycles. The first-order valence-corrected chi connectivity index (χ1v) is 10.4. The van der Waals surface area contributed by atoms with Crippen molar-refractivity contribution in [1.29, 1.82) is 0 Å². The minimum absolute atomic E-state index is 0.102. The maximum Gasteiger partial charge on any atom is 0.257 e. The number of halogens is 1. The molecule has 148 valence electrons. The van der Waals surface area contributed by atoms with E-state index in [4.69, 9.17) is 0 Å². The number of nitrogens with zero attached hydrogens (tertiary/aromatic N) is 4. The predicted molar refractivity (Wildman–Crippen MR) is 105 cm³/mol. The lowest BCUT2D eigenvalue weighted by Gasteiger charge is -2.51. The summed E-state index contributed by atoms with van der Waals surface area (Å²) in [6.45, 7) is 7.70. The van der Waals surface area contributed by atoms with Crippen molar-refractivity contribution in [2.75, 3.05) is 19.6 Å². The van der Waals surface area contributed by atoms with Crippen molar-refractivity contribution in [1.82, 2.24) is 19.6 Å². The second-order valence-corrected chi connectivity index (χ2v) is 8.43. The average molecular weight is 382 g/mol. The first kappa shape index (κ1) is 17.9. The summed E-state index contributed by atoms with van der Waals surface area (Å²) >= 11 is 0. The van der Waals surface area contributed by atoms with E-state index in [1.165, 1.54) is 0 Å². The SMILES string of the molecule is CCn1ncc(C(=O)N2C[C@@H](c3ccc(F)cc3)[C@@H]3[C@H]2C2CCN3CC2)c1C. The zero-order valence-electron chi connectivity index (χ0n) is 16.5. The fraction of sp³-hybridized carbons (Fsp3) is 0.545. The molecule has 1 amide bonds. The van der Waals surface area contributed by atoms with E-state index in [1.54, 1.807) is 18.3 Å². The molecule has 4 aliphatic rings. The smallest absolute Gasteiger partial charge is 0.257 e. The standard InChI is InChI=1S/C22H27FN4O/c1-3-27-14(2)18(12-24-27)22(28)26-13-19(15-4-6-17(23)7-5-15)21-20(26)16-8-10-25(21)11-9-16/h4-7,12,16,19-21H,3,8-11,13H2,1-2H3/t19-,20+,21+/m0/s1. The lowest BCUT2D eigenvalue weighted by Crippen LogP contribution is -2.60. The Morgan fingerprint density at radius 2 is 1.89 bits per heavy atom. The van der Waals surface area contributed by atoms with Gasteiger partial charge in [-0.3, -0.25) is 14.4 Å². The largest absolute Gasteiger partial charge is 0.333 e. The second-order valence-electron chi connectivity index (χ2n) is 8.43. The van der Waals surface area contributed by atoms with E-state index in [0.717, 1.165) is 49.3 Å². The third-order valence-corrected chi connectivity index (χ3v) is 7.19. The van der Waals surface area contributed by atoms with Crippen molar-refractivity contribution in [3.63, 3.8) is 0 Å². The number of piperidine rings is 3. The molecule has 0 unspecified atom stereocenters. The van der Waals surface area contributed by atoms with Gasteiger partial charge in [-0.2, -0.15) is 5.10 Å². The summed E-state index contributed by atoms with van der Waals surface area (Å²) < 4.78 is 15.4. The number of aryl methyl sites for hydroxylation is 1. The zero-order valence-corrected chi connectivity index (χ0v) is 16.5. The maximum atomic E-state index is 13.6. The highest BCUT2D eigenvalue weighted by molar-refractivity contribution is 5.95. The molecule has 0 spiro atoms. The van der Waals surface area contributed by atoms with Gasteiger partial charge in [-0.15, -0.1) is 0 Å². The zero-order chi connectivity index (χ0) is 19.4. The normalized spacial score (nSPS) is 31.2. The lowest BCUT2D eigenvalue weighted by molar-refractivity contribution is -0.00343. The first-order chi connectivity index (χ1) is 13.6. The van der Waals surface area contributed by atoms with Gasteiger partial charge in [0.05, 0.1) is 17.8 Å². The van der Waals surface area contributed by atoms with E-state index in [0.29, 0.717) is 18.5 Å². The topological polar surface area (TPSA) is 41.4 Å². The van der Waals surface area contributed by atoms with Gasteiger partial charge in [-0.25, -0.2) is 4.39 Å². The Kier molecular flexibility index (Phi) is 4.27. The highest BCUT2D eigenvalue weighted by Gasteiger charge is 2.54. The molecule has 1 aromatic carbocycles. The van der Waals surface area contributed by atoms with Crippen LogP contribution in [0.4, 0.5) is 4.39 Å². The number of rotatable bonds is 3. The van der Waals surface area contributed by atoms with Crippen LogP contribution in [0, 0.1) is 18.7 Å². The number of hydrogen-bond acceptors (Lipinski definition) is 3. The molecule has 0 saturated carbocycles. The van der Waals surface area contributed by atoms with Crippen molar-refractivity contribution >= 4 is 5.91 Å². The Balaban J connectivity index is 1.52. The van der Waals surface area contributed by atoms with Crippen LogP contribution in [0.3, 0.4) is 0 Å². The highest BCUT2D eigenvalue weighted by atomic mass is 19.1. The summed E-state index contributed by atoms with van der Waals surface area (Å²) in [5.41, 5.74) is 2.80. The molecule has 4 fully saturated rings. The summed E-state index contributed by atoms with van der Waals surface area (Å²) in [6, 6.07) is 7.46. The van der Waals surface area contributed by atoms with Crippen molar-refractivity contribution in [2.24, 2.45) is 5.92 Å². The summed E-state index contributed by atoms with van der Waals surface area (Å²) in [6.07, 6.45) is 4.05. The minimum Gasteiger partial charge on any atom is -0.333 e. The Bertz CT molecular complexity index is 884. The first-order valence-electron chi connectivity index (χ1n) is 10.4. The van der Waals surface area contributed by atoms with Gasteiger partial charge in [-0.05, 0) is 63.4 Å². The monoisotopic (exact) mass is 382 g/mol. The minimum atomic E-state index is -0.209. The van der Waals surface area contributed by atoms with Crippen LogP contribution in [-0.4, -0.2) is 57.2 Å². The number of fused-ring (bicyclic) bond motifs is 2. The fourth-order valence-corrected chi connectivity index (χ4v) is 5.79. The van der Waals surface area contributed by atoms with Crippen molar-refractivity contribution in [2.45, 2.75) is 51.2 Å². The summed E-state index contributed by atoms with van der Waals surface area (Å²) in [5, 5.41) is 4.38. The Labute approximate surface area is 165 Å². The van der Waals surface area contributed by atoms with Crippen LogP contribution in [0.15, 0.2) is 30.5 Å². The van der Waals surface area contributed by atoms with Gasteiger partial charge in [0, 0.05) is 30.7 Å². The molecule has 4 aliphatic heterocycles.